The topological polar surface area (TPSA) is 89.8 Å². The van der Waals surface area contributed by atoms with Crippen molar-refractivity contribution in [1.29, 1.82) is 0 Å². The molecule has 146 valence electrons. The third kappa shape index (κ3) is 4.58. The molecule has 1 atom stereocenters. The molecule has 28 heavy (non-hydrogen) atoms. The number of amides is 2. The number of anilines is 1. The van der Waals surface area contributed by atoms with Crippen LogP contribution in [0.5, 0.6) is 5.75 Å². The van der Waals surface area contributed by atoms with E-state index in [0.717, 1.165) is 36.4 Å². The highest BCUT2D eigenvalue weighted by Gasteiger charge is 2.14. The van der Waals surface area contributed by atoms with E-state index in [1.54, 1.807) is 23.0 Å². The second-order valence-corrected chi connectivity index (χ2v) is 6.69. The fraction of sp³-hybridized carbons (Fsp3) is 0.350. The third-order valence-corrected chi connectivity index (χ3v) is 4.61. The van der Waals surface area contributed by atoms with E-state index in [2.05, 4.69) is 20.7 Å². The first-order chi connectivity index (χ1) is 13.8. The van der Waals surface area contributed by atoms with Crippen LogP contribution in [0.25, 0.3) is 5.65 Å². The summed E-state index contributed by atoms with van der Waals surface area (Å²) in [5.41, 5.74) is 2.27. The number of hydrogen-bond donors (Lipinski definition) is 2. The molecule has 4 rings (SSSR count). The maximum atomic E-state index is 12.1. The first kappa shape index (κ1) is 18.2. The molecule has 0 aliphatic carbocycles. The lowest BCUT2D eigenvalue weighted by atomic mass is 10.1. The van der Waals surface area contributed by atoms with Crippen LogP contribution in [-0.2, 0) is 11.3 Å². The zero-order valence-electron chi connectivity index (χ0n) is 15.5. The van der Waals surface area contributed by atoms with Crippen LogP contribution in [0.1, 0.15) is 24.8 Å². The van der Waals surface area contributed by atoms with E-state index in [-0.39, 0.29) is 12.1 Å². The Hall–Kier alpha value is -3.13. The van der Waals surface area contributed by atoms with Gasteiger partial charge in [-0.15, -0.1) is 0 Å². The Balaban J connectivity index is 1.25. The van der Waals surface area contributed by atoms with Crippen molar-refractivity contribution in [3.05, 3.63) is 54.5 Å². The lowest BCUT2D eigenvalue weighted by Crippen LogP contribution is -2.28. The fourth-order valence-electron chi connectivity index (χ4n) is 3.11. The number of carbonyl (C=O) groups is 1. The predicted octanol–water partition coefficient (Wildman–Crippen LogP) is 3.00. The Kier molecular flexibility index (Phi) is 5.67. The minimum Gasteiger partial charge on any atom is -0.491 e. The van der Waals surface area contributed by atoms with Gasteiger partial charge in [0, 0.05) is 36.8 Å². The molecule has 0 radical (unpaired) electrons. The maximum absolute atomic E-state index is 12.1. The van der Waals surface area contributed by atoms with E-state index in [1.807, 2.05) is 30.5 Å². The van der Waals surface area contributed by atoms with Gasteiger partial charge >= 0.3 is 6.03 Å². The van der Waals surface area contributed by atoms with Gasteiger partial charge in [0.15, 0.2) is 5.65 Å². The molecule has 2 amide bonds. The van der Waals surface area contributed by atoms with Crippen molar-refractivity contribution in [2.45, 2.75) is 31.9 Å². The fourth-order valence-corrected chi connectivity index (χ4v) is 3.11. The van der Waals surface area contributed by atoms with Gasteiger partial charge in [-0.2, -0.15) is 5.10 Å². The number of rotatable bonds is 6. The Morgan fingerprint density at radius 1 is 1.29 bits per heavy atom. The predicted molar refractivity (Wildman–Crippen MR) is 104 cm³/mol. The van der Waals surface area contributed by atoms with Crippen LogP contribution in [0.15, 0.2) is 48.9 Å². The molecule has 1 fully saturated rings. The summed E-state index contributed by atoms with van der Waals surface area (Å²) in [5, 5.41) is 9.83. The monoisotopic (exact) mass is 381 g/mol. The lowest BCUT2D eigenvalue weighted by Gasteiger charge is -2.22. The molecule has 3 aromatic rings. The zero-order valence-corrected chi connectivity index (χ0v) is 15.5. The number of nitrogens with one attached hydrogen (secondary N) is 2. The van der Waals surface area contributed by atoms with E-state index in [4.69, 9.17) is 9.47 Å². The molecule has 0 saturated carbocycles. The van der Waals surface area contributed by atoms with Crippen molar-refractivity contribution >= 4 is 17.4 Å². The molecule has 2 N–H and O–H groups in total. The van der Waals surface area contributed by atoms with E-state index in [9.17, 15) is 4.79 Å². The maximum Gasteiger partial charge on any atom is 0.319 e. The number of urea groups is 1. The van der Waals surface area contributed by atoms with Gasteiger partial charge in [0.2, 0.25) is 0 Å². The number of hydrogen-bond acceptors (Lipinski definition) is 5. The van der Waals surface area contributed by atoms with E-state index >= 15 is 0 Å². The van der Waals surface area contributed by atoms with Crippen molar-refractivity contribution in [3.8, 4) is 5.75 Å². The minimum absolute atomic E-state index is 0.173. The van der Waals surface area contributed by atoms with Crippen LogP contribution < -0.4 is 15.4 Å². The minimum atomic E-state index is -0.292. The summed E-state index contributed by atoms with van der Waals surface area (Å²) in [5.74, 6) is 0.762. The zero-order chi connectivity index (χ0) is 19.2. The van der Waals surface area contributed by atoms with Gasteiger partial charge in [-0.25, -0.2) is 14.3 Å². The first-order valence-corrected chi connectivity index (χ1v) is 9.44. The lowest BCUT2D eigenvalue weighted by molar-refractivity contribution is -0.0110. The van der Waals surface area contributed by atoms with Crippen molar-refractivity contribution in [3.63, 3.8) is 0 Å². The van der Waals surface area contributed by atoms with Crippen LogP contribution in [0.3, 0.4) is 0 Å². The van der Waals surface area contributed by atoms with Gasteiger partial charge in [-0.1, -0.05) is 0 Å². The molecule has 1 aliphatic rings. The molecule has 0 bridgehead atoms. The van der Waals surface area contributed by atoms with Crippen molar-refractivity contribution in [2.24, 2.45) is 0 Å². The second-order valence-electron chi connectivity index (χ2n) is 6.69. The largest absolute Gasteiger partial charge is 0.491 e. The van der Waals surface area contributed by atoms with Gasteiger partial charge in [-0.05, 0) is 49.6 Å². The van der Waals surface area contributed by atoms with Crippen molar-refractivity contribution < 1.29 is 14.3 Å². The first-order valence-electron chi connectivity index (χ1n) is 9.44. The van der Waals surface area contributed by atoms with Gasteiger partial charge in [-0.3, -0.25) is 0 Å². The van der Waals surface area contributed by atoms with Crippen LogP contribution in [0.2, 0.25) is 0 Å². The molecular weight excluding hydrogens is 358 g/mol. The Morgan fingerprint density at radius 3 is 3.00 bits per heavy atom. The molecular formula is C20H23N5O3. The summed E-state index contributed by atoms with van der Waals surface area (Å²) in [7, 11) is 0. The van der Waals surface area contributed by atoms with Crippen LogP contribution in [0.4, 0.5) is 10.5 Å². The molecule has 1 aliphatic heterocycles. The van der Waals surface area contributed by atoms with Gasteiger partial charge in [0.1, 0.15) is 12.4 Å². The van der Waals surface area contributed by atoms with Gasteiger partial charge in [0.25, 0.3) is 0 Å². The normalized spacial score (nSPS) is 16.6. The number of fused-ring (bicyclic) bond motifs is 1. The summed E-state index contributed by atoms with van der Waals surface area (Å²) in [6.07, 6.45) is 8.75. The third-order valence-electron chi connectivity index (χ3n) is 4.61. The molecule has 8 heteroatoms. The molecule has 0 spiro atoms. The average Bonchev–Trinajstić information content (AvgIpc) is 3.16. The number of aromatic nitrogens is 3. The summed E-state index contributed by atoms with van der Waals surface area (Å²) in [6, 6.07) is 8.82. The van der Waals surface area contributed by atoms with Crippen LogP contribution in [0, 0.1) is 0 Å². The summed E-state index contributed by atoms with van der Waals surface area (Å²) >= 11 is 0. The Morgan fingerprint density at radius 2 is 2.18 bits per heavy atom. The Bertz CT molecular complexity index is 919. The Labute approximate surface area is 162 Å². The van der Waals surface area contributed by atoms with Crippen molar-refractivity contribution in [2.75, 3.05) is 18.5 Å². The van der Waals surface area contributed by atoms with E-state index in [0.29, 0.717) is 18.8 Å². The highest BCUT2D eigenvalue weighted by Crippen LogP contribution is 2.18. The van der Waals surface area contributed by atoms with Crippen LogP contribution >= 0.6 is 0 Å². The van der Waals surface area contributed by atoms with E-state index in [1.165, 1.54) is 6.42 Å². The van der Waals surface area contributed by atoms with Crippen LogP contribution in [-0.4, -0.2) is 39.9 Å². The summed E-state index contributed by atoms with van der Waals surface area (Å²) < 4.78 is 13.1. The average molecular weight is 381 g/mol. The summed E-state index contributed by atoms with van der Waals surface area (Å²) in [4.78, 5) is 16.4. The molecule has 1 saturated heterocycles. The van der Waals surface area contributed by atoms with E-state index < -0.39 is 0 Å². The van der Waals surface area contributed by atoms with Crippen molar-refractivity contribution in [1.82, 2.24) is 19.9 Å². The number of nitrogens with zero attached hydrogens (tertiary/aromatic N) is 3. The number of benzene rings is 1. The smallest absolute Gasteiger partial charge is 0.319 e. The molecule has 1 aromatic carbocycles. The second kappa shape index (κ2) is 8.71. The summed E-state index contributed by atoms with van der Waals surface area (Å²) in [6.45, 7) is 1.72. The molecule has 8 nitrogen and oxygen atoms in total. The standard InChI is InChI=1S/C20H23N5O3/c26-20(22-12-15-13-23-25-10-3-9-21-19(15)25)24-16-5-7-17(8-6-16)28-14-18-4-1-2-11-27-18/h3,5-10,13,18H,1-2,4,11-12,14H2,(H2,22,24,26)/t18-/m1/s1. The van der Waals surface area contributed by atoms with Gasteiger partial charge < -0.3 is 20.1 Å². The highest BCUT2D eigenvalue weighted by molar-refractivity contribution is 5.89. The molecule has 0 unspecified atom stereocenters. The number of ether oxygens (including phenoxy) is 2. The SMILES string of the molecule is O=C(NCc1cnn2cccnc12)Nc1ccc(OC[C@H]2CCCCO2)cc1. The number of carbonyl (C=O) groups excluding carboxylic acids is 1. The highest BCUT2D eigenvalue weighted by atomic mass is 16.5. The molecule has 3 heterocycles. The molecule has 2 aromatic heterocycles. The van der Waals surface area contributed by atoms with Gasteiger partial charge in [0.05, 0.1) is 12.3 Å². The quantitative estimate of drug-likeness (QED) is 0.685.